The lowest BCUT2D eigenvalue weighted by atomic mass is 10.2. The van der Waals surface area contributed by atoms with Crippen LogP contribution in [0, 0.1) is 0 Å². The van der Waals surface area contributed by atoms with Gasteiger partial charge in [-0.25, -0.2) is 9.97 Å². The first kappa shape index (κ1) is 14.0. The largest absolute Gasteiger partial charge is 0.371 e. The monoisotopic (exact) mass is 308 g/mol. The van der Waals surface area contributed by atoms with Gasteiger partial charge in [-0.05, 0) is 31.0 Å². The Morgan fingerprint density at radius 2 is 1.91 bits per heavy atom. The first-order valence-electron chi connectivity index (χ1n) is 8.16. The van der Waals surface area contributed by atoms with E-state index < -0.39 is 0 Å². The number of rotatable bonds is 3. The number of nitrogens with zero attached hydrogens (tertiary/aromatic N) is 4. The molecular weight excluding hydrogens is 288 g/mol. The maximum atomic E-state index is 4.34. The van der Waals surface area contributed by atoms with E-state index in [4.69, 9.17) is 0 Å². The third-order valence-corrected chi connectivity index (χ3v) is 4.33. The molecule has 0 unspecified atom stereocenters. The van der Waals surface area contributed by atoms with Gasteiger partial charge in [0.2, 0.25) is 0 Å². The first-order valence-corrected chi connectivity index (χ1v) is 8.16. The van der Waals surface area contributed by atoms with Crippen LogP contribution in [0.3, 0.4) is 0 Å². The lowest BCUT2D eigenvalue weighted by Gasteiger charge is -2.23. The third-order valence-electron chi connectivity index (χ3n) is 4.33. The van der Waals surface area contributed by atoms with Gasteiger partial charge < -0.3 is 10.2 Å². The Morgan fingerprint density at radius 3 is 2.78 bits per heavy atom. The summed E-state index contributed by atoms with van der Waals surface area (Å²) in [6, 6.07) is 8.54. The zero-order valence-electron chi connectivity index (χ0n) is 13.0. The highest BCUT2D eigenvalue weighted by molar-refractivity contribution is 5.87. The van der Waals surface area contributed by atoms with Gasteiger partial charge in [-0.15, -0.1) is 0 Å². The summed E-state index contributed by atoms with van der Waals surface area (Å²) in [5.74, 6) is 0.775. The maximum absolute atomic E-state index is 4.34. The van der Waals surface area contributed by atoms with Crippen LogP contribution in [0.5, 0.6) is 0 Å². The fourth-order valence-corrected chi connectivity index (χ4v) is 3.11. The van der Waals surface area contributed by atoms with Crippen molar-refractivity contribution in [1.29, 1.82) is 0 Å². The van der Waals surface area contributed by atoms with E-state index in [0.717, 1.165) is 35.6 Å². The number of anilines is 3. The topological polar surface area (TPSA) is 69.7 Å². The van der Waals surface area contributed by atoms with Crippen LogP contribution in [0.25, 0.3) is 11.0 Å². The van der Waals surface area contributed by atoms with Crippen LogP contribution >= 0.6 is 0 Å². The highest BCUT2D eigenvalue weighted by Crippen LogP contribution is 2.26. The molecule has 2 N–H and O–H groups in total. The van der Waals surface area contributed by atoms with Crippen LogP contribution in [0.15, 0.2) is 36.8 Å². The quantitative estimate of drug-likeness (QED) is 0.775. The molecule has 2 aromatic heterocycles. The summed E-state index contributed by atoms with van der Waals surface area (Å²) < 4.78 is 0. The number of fused-ring (bicyclic) bond motifs is 1. The highest BCUT2D eigenvalue weighted by atomic mass is 15.2. The number of aromatic amines is 1. The van der Waals surface area contributed by atoms with Crippen molar-refractivity contribution in [3.8, 4) is 0 Å². The van der Waals surface area contributed by atoms with Crippen LogP contribution in [0.2, 0.25) is 0 Å². The number of aromatic nitrogens is 4. The van der Waals surface area contributed by atoms with E-state index in [1.54, 1.807) is 12.5 Å². The Morgan fingerprint density at radius 1 is 1.04 bits per heavy atom. The van der Waals surface area contributed by atoms with E-state index in [1.165, 1.54) is 31.4 Å². The number of nitrogens with one attached hydrogen (secondary N) is 2. The Hall–Kier alpha value is -2.63. The molecule has 118 valence electrons. The van der Waals surface area contributed by atoms with E-state index in [9.17, 15) is 0 Å². The second-order valence-electron chi connectivity index (χ2n) is 5.93. The summed E-state index contributed by atoms with van der Waals surface area (Å²) in [7, 11) is 0. The molecule has 4 rings (SSSR count). The molecule has 0 saturated carbocycles. The first-order chi connectivity index (χ1) is 11.4. The third kappa shape index (κ3) is 2.97. The van der Waals surface area contributed by atoms with Crippen LogP contribution in [0.4, 0.5) is 17.2 Å². The SMILES string of the molecule is c1cc(Nc2ncnc3[nH]ncc23)cc(N2CCCCCC2)c1. The summed E-state index contributed by atoms with van der Waals surface area (Å²) in [5, 5.41) is 11.2. The Bertz CT molecular complexity index is 788. The molecule has 1 saturated heterocycles. The van der Waals surface area contributed by atoms with Crippen molar-refractivity contribution in [3.63, 3.8) is 0 Å². The Balaban J connectivity index is 1.60. The van der Waals surface area contributed by atoms with Gasteiger partial charge in [-0.2, -0.15) is 5.10 Å². The second-order valence-corrected chi connectivity index (χ2v) is 5.93. The molecule has 0 atom stereocenters. The van der Waals surface area contributed by atoms with Gasteiger partial charge in [-0.1, -0.05) is 18.9 Å². The molecule has 0 spiro atoms. The molecule has 0 bridgehead atoms. The van der Waals surface area contributed by atoms with Gasteiger partial charge >= 0.3 is 0 Å². The van der Waals surface area contributed by atoms with Crippen molar-refractivity contribution in [2.75, 3.05) is 23.3 Å². The number of benzene rings is 1. The predicted molar refractivity (Wildman–Crippen MR) is 92.1 cm³/mol. The molecule has 0 radical (unpaired) electrons. The van der Waals surface area contributed by atoms with E-state index in [-0.39, 0.29) is 0 Å². The van der Waals surface area contributed by atoms with Gasteiger partial charge in [-0.3, -0.25) is 5.10 Å². The van der Waals surface area contributed by atoms with Crippen molar-refractivity contribution < 1.29 is 0 Å². The number of hydrogen-bond donors (Lipinski definition) is 2. The normalized spacial score (nSPS) is 15.6. The smallest absolute Gasteiger partial charge is 0.160 e. The summed E-state index contributed by atoms with van der Waals surface area (Å²) in [6.45, 7) is 2.28. The summed E-state index contributed by atoms with van der Waals surface area (Å²) in [5.41, 5.74) is 3.05. The summed E-state index contributed by atoms with van der Waals surface area (Å²) in [6.07, 6.45) is 8.53. The number of hydrogen-bond acceptors (Lipinski definition) is 5. The van der Waals surface area contributed by atoms with E-state index in [2.05, 4.69) is 54.6 Å². The lowest BCUT2D eigenvalue weighted by molar-refractivity contribution is 0.726. The minimum absolute atomic E-state index is 0.742. The van der Waals surface area contributed by atoms with Crippen LogP contribution in [-0.2, 0) is 0 Å². The van der Waals surface area contributed by atoms with Gasteiger partial charge in [0.25, 0.3) is 0 Å². The minimum atomic E-state index is 0.742. The fraction of sp³-hybridized carbons (Fsp3) is 0.353. The van der Waals surface area contributed by atoms with Crippen LogP contribution in [-0.4, -0.2) is 33.3 Å². The van der Waals surface area contributed by atoms with Crippen molar-refractivity contribution >= 4 is 28.2 Å². The lowest BCUT2D eigenvalue weighted by Crippen LogP contribution is -2.23. The second kappa shape index (κ2) is 6.24. The molecule has 6 nitrogen and oxygen atoms in total. The van der Waals surface area contributed by atoms with Crippen molar-refractivity contribution in [1.82, 2.24) is 20.2 Å². The summed E-state index contributed by atoms with van der Waals surface area (Å²) >= 11 is 0. The Kier molecular flexibility index (Phi) is 3.80. The molecular formula is C17H20N6. The molecule has 1 aliphatic rings. The summed E-state index contributed by atoms with van der Waals surface area (Å²) in [4.78, 5) is 11.0. The molecule has 3 heterocycles. The minimum Gasteiger partial charge on any atom is -0.371 e. The van der Waals surface area contributed by atoms with Crippen LogP contribution < -0.4 is 10.2 Å². The molecule has 6 heteroatoms. The van der Waals surface area contributed by atoms with Gasteiger partial charge in [0, 0.05) is 24.5 Å². The van der Waals surface area contributed by atoms with E-state index in [0.29, 0.717) is 0 Å². The highest BCUT2D eigenvalue weighted by Gasteiger charge is 2.11. The molecule has 0 aliphatic carbocycles. The zero-order valence-corrected chi connectivity index (χ0v) is 13.0. The average molecular weight is 308 g/mol. The standard InChI is InChI=1S/C17H20N6/c1-2-4-9-23(8-3-1)14-7-5-6-13(10-14)21-16-15-11-20-22-17(15)19-12-18-16/h5-7,10-12H,1-4,8-9H2,(H2,18,19,20,21,22). The molecule has 1 aliphatic heterocycles. The Labute approximate surface area is 135 Å². The van der Waals surface area contributed by atoms with Gasteiger partial charge in [0.05, 0.1) is 11.6 Å². The molecule has 3 aromatic rings. The average Bonchev–Trinajstić information content (AvgIpc) is 2.90. The van der Waals surface area contributed by atoms with Crippen molar-refractivity contribution in [3.05, 3.63) is 36.8 Å². The predicted octanol–water partition coefficient (Wildman–Crippen LogP) is 3.48. The van der Waals surface area contributed by atoms with Crippen LogP contribution in [0.1, 0.15) is 25.7 Å². The molecule has 1 aromatic carbocycles. The van der Waals surface area contributed by atoms with E-state index >= 15 is 0 Å². The fourth-order valence-electron chi connectivity index (χ4n) is 3.11. The molecule has 0 amide bonds. The van der Waals surface area contributed by atoms with Crippen molar-refractivity contribution in [2.45, 2.75) is 25.7 Å². The van der Waals surface area contributed by atoms with Crippen molar-refractivity contribution in [2.24, 2.45) is 0 Å². The molecule has 23 heavy (non-hydrogen) atoms. The van der Waals surface area contributed by atoms with Gasteiger partial charge in [0.1, 0.15) is 12.1 Å². The number of H-pyrrole nitrogens is 1. The van der Waals surface area contributed by atoms with Gasteiger partial charge in [0.15, 0.2) is 5.65 Å². The maximum Gasteiger partial charge on any atom is 0.160 e. The van der Waals surface area contributed by atoms with E-state index in [1.807, 2.05) is 0 Å². The zero-order chi connectivity index (χ0) is 15.5. The molecule has 1 fully saturated rings.